The minimum absolute atomic E-state index is 0.00702. The van der Waals surface area contributed by atoms with Crippen molar-refractivity contribution in [3.05, 3.63) is 101 Å². The lowest BCUT2D eigenvalue weighted by atomic mass is 10.0. The number of sulfonamides is 1. The molecule has 7 nitrogen and oxygen atoms in total. The van der Waals surface area contributed by atoms with Crippen LogP contribution < -0.4 is 9.62 Å². The van der Waals surface area contributed by atoms with E-state index >= 15 is 0 Å². The molecule has 1 aliphatic carbocycles. The highest BCUT2D eigenvalue weighted by atomic mass is 35.5. The second-order valence-corrected chi connectivity index (χ2v) is 12.4. The number of hydrogen-bond donors (Lipinski definition) is 1. The van der Waals surface area contributed by atoms with Crippen molar-refractivity contribution in [2.75, 3.05) is 17.1 Å². The van der Waals surface area contributed by atoms with Crippen molar-refractivity contribution >= 4 is 39.1 Å². The summed E-state index contributed by atoms with van der Waals surface area (Å²) in [6.07, 6.45) is 5.04. The van der Waals surface area contributed by atoms with Crippen LogP contribution in [-0.2, 0) is 32.6 Å². The number of anilines is 1. The van der Waals surface area contributed by atoms with Crippen LogP contribution in [0.15, 0.2) is 78.9 Å². The Bertz CT molecular complexity index is 1400. The molecule has 3 aromatic carbocycles. The Hall–Kier alpha value is -3.43. The molecule has 0 spiro atoms. The monoisotopic (exact) mass is 585 g/mol. The third kappa shape index (κ3) is 8.05. The molecule has 0 unspecified atom stereocenters. The van der Waals surface area contributed by atoms with Crippen LogP contribution in [-0.4, -0.2) is 50.0 Å². The van der Waals surface area contributed by atoms with E-state index in [2.05, 4.69) is 5.32 Å². The predicted molar refractivity (Wildman–Crippen MR) is 155 cm³/mol. The number of nitrogens with zero attached hydrogens (tertiary/aromatic N) is 2. The molecule has 0 aromatic heterocycles. The Morgan fingerprint density at radius 1 is 0.950 bits per heavy atom. The van der Waals surface area contributed by atoms with Gasteiger partial charge in [-0.05, 0) is 60.4 Å². The number of carbonyl (C=O) groups is 2. The number of amides is 2. The zero-order valence-corrected chi connectivity index (χ0v) is 23.9. The van der Waals surface area contributed by atoms with Crippen molar-refractivity contribution in [1.29, 1.82) is 0 Å². The second kappa shape index (κ2) is 13.3. The Labute approximate surface area is 240 Å². The first-order valence-corrected chi connectivity index (χ1v) is 15.4. The average molecular weight is 586 g/mol. The highest BCUT2D eigenvalue weighted by molar-refractivity contribution is 7.92. The molecule has 10 heteroatoms. The van der Waals surface area contributed by atoms with Gasteiger partial charge < -0.3 is 10.2 Å². The molecule has 1 saturated carbocycles. The largest absolute Gasteiger partial charge is 0.352 e. The van der Waals surface area contributed by atoms with Gasteiger partial charge in [0, 0.05) is 24.0 Å². The Kier molecular flexibility index (Phi) is 9.81. The first-order valence-electron chi connectivity index (χ1n) is 13.2. The zero-order chi connectivity index (χ0) is 28.7. The van der Waals surface area contributed by atoms with E-state index in [1.807, 2.05) is 30.3 Å². The summed E-state index contributed by atoms with van der Waals surface area (Å²) < 4.78 is 40.3. The van der Waals surface area contributed by atoms with E-state index in [1.54, 1.807) is 24.3 Å². The molecule has 40 heavy (non-hydrogen) atoms. The molecular formula is C30H33ClFN3O4S. The molecule has 0 saturated heterocycles. The molecule has 2 amide bonds. The van der Waals surface area contributed by atoms with Crippen LogP contribution in [0.4, 0.5) is 10.1 Å². The molecule has 0 aliphatic heterocycles. The first-order chi connectivity index (χ1) is 19.1. The highest BCUT2D eigenvalue weighted by Gasteiger charge is 2.34. The lowest BCUT2D eigenvalue weighted by Crippen LogP contribution is -2.54. The summed E-state index contributed by atoms with van der Waals surface area (Å²) >= 11 is 6.00. The Morgan fingerprint density at radius 2 is 1.57 bits per heavy atom. The topological polar surface area (TPSA) is 86.8 Å². The van der Waals surface area contributed by atoms with Crippen LogP contribution in [0.2, 0.25) is 5.02 Å². The summed E-state index contributed by atoms with van der Waals surface area (Å²) in [4.78, 5) is 29.2. The third-order valence-corrected chi connectivity index (χ3v) is 8.43. The Balaban J connectivity index is 1.71. The van der Waals surface area contributed by atoms with Gasteiger partial charge in [0.25, 0.3) is 0 Å². The van der Waals surface area contributed by atoms with Crippen molar-refractivity contribution in [3.8, 4) is 0 Å². The van der Waals surface area contributed by atoms with Gasteiger partial charge in [0.05, 0.1) is 11.9 Å². The number of rotatable bonds is 11. The molecule has 212 valence electrons. The van der Waals surface area contributed by atoms with Crippen molar-refractivity contribution in [3.63, 3.8) is 0 Å². The van der Waals surface area contributed by atoms with Crippen molar-refractivity contribution in [2.24, 2.45) is 0 Å². The van der Waals surface area contributed by atoms with Gasteiger partial charge in [-0.2, -0.15) is 0 Å². The number of halogens is 2. The molecule has 1 atom stereocenters. The average Bonchev–Trinajstić information content (AvgIpc) is 3.44. The lowest BCUT2D eigenvalue weighted by molar-refractivity contribution is -0.140. The van der Waals surface area contributed by atoms with Gasteiger partial charge in [0.1, 0.15) is 18.4 Å². The smallest absolute Gasteiger partial charge is 0.244 e. The van der Waals surface area contributed by atoms with Crippen LogP contribution in [0.5, 0.6) is 0 Å². The summed E-state index contributed by atoms with van der Waals surface area (Å²) in [5.41, 5.74) is 1.74. The molecule has 0 bridgehead atoms. The molecule has 1 N–H and O–H groups in total. The van der Waals surface area contributed by atoms with E-state index in [-0.39, 0.29) is 30.6 Å². The van der Waals surface area contributed by atoms with Crippen LogP contribution in [0, 0.1) is 5.82 Å². The fourth-order valence-electron chi connectivity index (χ4n) is 4.93. The second-order valence-electron chi connectivity index (χ2n) is 10.1. The SMILES string of the molecule is CS(=O)(=O)N(CC(=O)N(Cc1ccc(F)cc1)[C@H](Cc1ccccc1)C(=O)NC1CCCC1)c1ccc(Cl)cc1. The van der Waals surface area contributed by atoms with Gasteiger partial charge in [-0.1, -0.05) is 66.9 Å². The van der Waals surface area contributed by atoms with Gasteiger partial charge in [0.15, 0.2) is 0 Å². The van der Waals surface area contributed by atoms with Gasteiger partial charge in [-0.15, -0.1) is 0 Å². The fraction of sp³-hybridized carbons (Fsp3) is 0.333. The summed E-state index contributed by atoms with van der Waals surface area (Å²) in [6, 6.07) is 20.3. The van der Waals surface area contributed by atoms with E-state index in [0.717, 1.165) is 41.8 Å². The van der Waals surface area contributed by atoms with Crippen molar-refractivity contribution < 1.29 is 22.4 Å². The highest BCUT2D eigenvalue weighted by Crippen LogP contribution is 2.23. The van der Waals surface area contributed by atoms with Crippen molar-refractivity contribution in [1.82, 2.24) is 10.2 Å². The number of carbonyl (C=O) groups excluding carboxylic acids is 2. The quantitative estimate of drug-likeness (QED) is 0.345. The van der Waals surface area contributed by atoms with Crippen molar-refractivity contribution in [2.45, 2.75) is 50.7 Å². The summed E-state index contributed by atoms with van der Waals surface area (Å²) in [5, 5.41) is 3.54. The van der Waals surface area contributed by atoms with E-state index in [4.69, 9.17) is 11.6 Å². The van der Waals surface area contributed by atoms with E-state index in [9.17, 15) is 22.4 Å². The van der Waals surface area contributed by atoms with Gasteiger partial charge in [0.2, 0.25) is 21.8 Å². The van der Waals surface area contributed by atoms with Gasteiger partial charge >= 0.3 is 0 Å². The third-order valence-electron chi connectivity index (χ3n) is 7.03. The molecular weight excluding hydrogens is 553 g/mol. The maximum absolute atomic E-state index is 14.0. The maximum Gasteiger partial charge on any atom is 0.244 e. The molecule has 3 aromatic rings. The zero-order valence-electron chi connectivity index (χ0n) is 22.3. The van der Waals surface area contributed by atoms with Crippen LogP contribution in [0.3, 0.4) is 0 Å². The normalized spacial score (nSPS) is 14.5. The first kappa shape index (κ1) is 29.6. The summed E-state index contributed by atoms with van der Waals surface area (Å²) in [6.45, 7) is -0.531. The Morgan fingerprint density at radius 3 is 2.17 bits per heavy atom. The van der Waals surface area contributed by atoms with Gasteiger partial charge in [-0.3, -0.25) is 13.9 Å². The van der Waals surface area contributed by atoms with Crippen LogP contribution in [0.25, 0.3) is 0 Å². The van der Waals surface area contributed by atoms with E-state index in [1.165, 1.54) is 29.2 Å². The number of hydrogen-bond acceptors (Lipinski definition) is 4. The molecule has 1 aliphatic rings. The molecule has 4 rings (SSSR count). The molecule has 0 heterocycles. The van der Waals surface area contributed by atoms with E-state index in [0.29, 0.717) is 10.6 Å². The van der Waals surface area contributed by atoms with Crippen LogP contribution in [0.1, 0.15) is 36.8 Å². The number of benzene rings is 3. The lowest BCUT2D eigenvalue weighted by Gasteiger charge is -2.34. The van der Waals surface area contributed by atoms with Gasteiger partial charge in [-0.25, -0.2) is 12.8 Å². The summed E-state index contributed by atoms with van der Waals surface area (Å²) in [5.74, 6) is -1.29. The minimum Gasteiger partial charge on any atom is -0.352 e. The fourth-order valence-corrected chi connectivity index (χ4v) is 5.90. The standard InChI is InChI=1S/C30H33ClFN3O4S/c1-40(38,39)35(27-17-13-24(31)14-18-27)21-29(36)34(20-23-11-15-25(32)16-12-23)28(19-22-7-3-2-4-8-22)30(37)33-26-9-5-6-10-26/h2-4,7-8,11-18,26,28H,5-6,9-10,19-21H2,1H3,(H,33,37)/t28-/m1/s1. The number of nitrogens with one attached hydrogen (secondary N) is 1. The minimum atomic E-state index is -3.87. The van der Waals surface area contributed by atoms with Crippen LogP contribution >= 0.6 is 11.6 Å². The molecule has 0 radical (unpaired) electrons. The summed E-state index contributed by atoms with van der Waals surface area (Å²) in [7, 11) is -3.87. The maximum atomic E-state index is 14.0. The molecule has 1 fully saturated rings. The predicted octanol–water partition coefficient (Wildman–Crippen LogP) is 4.94. The van der Waals surface area contributed by atoms with E-state index < -0.39 is 34.3 Å².